The molecule has 1 aromatic heterocycles. The van der Waals surface area contributed by atoms with Gasteiger partial charge in [0, 0.05) is 16.8 Å². The van der Waals surface area contributed by atoms with Crippen molar-refractivity contribution in [2.75, 3.05) is 24.3 Å². The number of fused-ring (bicyclic) bond motifs is 2. The summed E-state index contributed by atoms with van der Waals surface area (Å²) < 4.78 is 10.9. The summed E-state index contributed by atoms with van der Waals surface area (Å²) in [5.41, 5.74) is 2.03. The third-order valence-electron chi connectivity index (χ3n) is 3.82. The average molecular weight is 419 g/mol. The second-order valence-electron chi connectivity index (χ2n) is 5.85. The Balaban J connectivity index is 1.30. The topological polar surface area (TPSA) is 105 Å². The van der Waals surface area contributed by atoms with Crippen LogP contribution in [0.4, 0.5) is 10.5 Å². The summed E-state index contributed by atoms with van der Waals surface area (Å²) in [6.45, 7) is 0.942. The number of carbonyl (C=O) groups is 2. The zero-order chi connectivity index (χ0) is 19.5. The monoisotopic (exact) mass is 418 g/mol. The second-order valence-corrected chi connectivity index (χ2v) is 7.25. The van der Waals surface area contributed by atoms with Crippen LogP contribution in [0.2, 0.25) is 5.02 Å². The summed E-state index contributed by atoms with van der Waals surface area (Å²) in [6.07, 6.45) is 0. The van der Waals surface area contributed by atoms with E-state index in [1.807, 2.05) is 0 Å². The van der Waals surface area contributed by atoms with Gasteiger partial charge >= 0.3 is 6.03 Å². The number of amides is 3. The van der Waals surface area contributed by atoms with E-state index in [9.17, 15) is 9.59 Å². The lowest BCUT2D eigenvalue weighted by atomic mass is 10.2. The molecule has 0 saturated heterocycles. The normalized spacial score (nSPS) is 12.6. The molecule has 144 valence electrons. The van der Waals surface area contributed by atoms with E-state index in [0.717, 1.165) is 11.0 Å². The molecular formula is C18H15ClN4O4S. The number of rotatable bonds is 4. The van der Waals surface area contributed by atoms with E-state index >= 15 is 0 Å². The molecule has 4 rings (SSSR count). The van der Waals surface area contributed by atoms with Gasteiger partial charge in [0.1, 0.15) is 13.2 Å². The lowest BCUT2D eigenvalue weighted by molar-refractivity contribution is -0.117. The molecule has 8 nitrogen and oxygen atoms in total. The number of aromatic amines is 1. The Kier molecular flexibility index (Phi) is 5.27. The highest BCUT2D eigenvalue weighted by atomic mass is 35.5. The number of hydrogen-bond donors (Lipinski definition) is 3. The molecule has 3 N–H and O–H groups in total. The smallest absolute Gasteiger partial charge is 0.325 e. The highest BCUT2D eigenvalue weighted by Crippen LogP contribution is 2.32. The Morgan fingerprint density at radius 2 is 1.96 bits per heavy atom. The molecule has 0 saturated carbocycles. The van der Waals surface area contributed by atoms with Gasteiger partial charge in [-0.1, -0.05) is 23.4 Å². The van der Waals surface area contributed by atoms with Crippen LogP contribution in [0.1, 0.15) is 0 Å². The number of nitrogens with zero attached hydrogens (tertiary/aromatic N) is 1. The first-order valence-corrected chi connectivity index (χ1v) is 9.72. The molecule has 0 spiro atoms. The minimum Gasteiger partial charge on any atom is -0.486 e. The van der Waals surface area contributed by atoms with Crippen LogP contribution < -0.4 is 20.1 Å². The van der Waals surface area contributed by atoms with Crippen molar-refractivity contribution in [1.29, 1.82) is 0 Å². The maximum Gasteiger partial charge on any atom is 0.325 e. The SMILES string of the molecule is O=C(CSc1nc2ccc(Cl)cc2[nH]1)NC(=O)Nc1ccc2c(c1)OCCO2. The van der Waals surface area contributed by atoms with Crippen LogP contribution in [-0.4, -0.2) is 40.9 Å². The minimum atomic E-state index is -0.626. The molecule has 0 unspecified atom stereocenters. The van der Waals surface area contributed by atoms with Gasteiger partial charge in [-0.3, -0.25) is 10.1 Å². The van der Waals surface area contributed by atoms with E-state index in [1.54, 1.807) is 36.4 Å². The maximum atomic E-state index is 12.0. The van der Waals surface area contributed by atoms with Crippen molar-refractivity contribution >= 4 is 52.0 Å². The molecule has 28 heavy (non-hydrogen) atoms. The number of nitrogens with one attached hydrogen (secondary N) is 3. The molecule has 0 aliphatic carbocycles. The third kappa shape index (κ3) is 4.32. The van der Waals surface area contributed by atoms with Crippen molar-refractivity contribution in [3.63, 3.8) is 0 Å². The predicted molar refractivity (Wildman–Crippen MR) is 106 cm³/mol. The van der Waals surface area contributed by atoms with Crippen molar-refractivity contribution < 1.29 is 19.1 Å². The van der Waals surface area contributed by atoms with E-state index in [0.29, 0.717) is 40.6 Å². The van der Waals surface area contributed by atoms with Crippen LogP contribution in [0, 0.1) is 0 Å². The number of ether oxygens (including phenoxy) is 2. The zero-order valence-corrected chi connectivity index (χ0v) is 16.0. The van der Waals surface area contributed by atoms with Crippen molar-refractivity contribution in [3.05, 3.63) is 41.4 Å². The Bertz CT molecular complexity index is 1060. The van der Waals surface area contributed by atoms with Crippen LogP contribution in [0.3, 0.4) is 0 Å². The molecule has 1 aliphatic rings. The van der Waals surface area contributed by atoms with Crippen molar-refractivity contribution in [1.82, 2.24) is 15.3 Å². The fourth-order valence-corrected chi connectivity index (χ4v) is 3.46. The van der Waals surface area contributed by atoms with Gasteiger partial charge in [0.15, 0.2) is 16.7 Å². The molecule has 1 aliphatic heterocycles. The summed E-state index contributed by atoms with van der Waals surface area (Å²) in [7, 11) is 0. The predicted octanol–water partition coefficient (Wildman–Crippen LogP) is 3.43. The number of hydrogen-bond acceptors (Lipinski definition) is 6. The summed E-state index contributed by atoms with van der Waals surface area (Å²) in [5, 5.41) is 6.04. The molecule has 3 amide bonds. The average Bonchev–Trinajstić information content (AvgIpc) is 3.08. The van der Waals surface area contributed by atoms with Crippen LogP contribution in [0.5, 0.6) is 11.5 Å². The van der Waals surface area contributed by atoms with E-state index in [-0.39, 0.29) is 5.75 Å². The number of anilines is 1. The van der Waals surface area contributed by atoms with E-state index in [1.165, 1.54) is 11.8 Å². The summed E-state index contributed by atoms with van der Waals surface area (Å²) in [5.74, 6) is 0.758. The Morgan fingerprint density at radius 3 is 2.82 bits per heavy atom. The molecule has 2 heterocycles. The van der Waals surface area contributed by atoms with Gasteiger partial charge in [0.25, 0.3) is 0 Å². The van der Waals surface area contributed by atoms with Gasteiger partial charge in [0.2, 0.25) is 5.91 Å². The Hall–Kier alpha value is -2.91. The van der Waals surface area contributed by atoms with Gasteiger partial charge in [-0.15, -0.1) is 0 Å². The number of H-pyrrole nitrogens is 1. The first kappa shape index (κ1) is 18.5. The number of aromatic nitrogens is 2. The number of thioether (sulfide) groups is 1. The van der Waals surface area contributed by atoms with Crippen molar-refractivity contribution in [2.24, 2.45) is 0 Å². The van der Waals surface area contributed by atoms with Gasteiger partial charge in [-0.2, -0.15) is 0 Å². The Morgan fingerprint density at radius 1 is 1.14 bits per heavy atom. The molecule has 3 aromatic rings. The van der Waals surface area contributed by atoms with E-state index < -0.39 is 11.9 Å². The van der Waals surface area contributed by atoms with Gasteiger partial charge in [0.05, 0.1) is 16.8 Å². The fourth-order valence-electron chi connectivity index (χ4n) is 2.61. The number of halogens is 1. The third-order valence-corrected chi connectivity index (χ3v) is 4.92. The quantitative estimate of drug-likeness (QED) is 0.560. The van der Waals surface area contributed by atoms with Crippen LogP contribution in [-0.2, 0) is 4.79 Å². The molecule has 0 radical (unpaired) electrons. The minimum absolute atomic E-state index is 0.0299. The van der Waals surface area contributed by atoms with Gasteiger partial charge < -0.3 is 19.8 Å². The van der Waals surface area contributed by atoms with E-state index in [4.69, 9.17) is 21.1 Å². The Labute approximate surface area is 168 Å². The molecule has 0 atom stereocenters. The van der Waals surface area contributed by atoms with Gasteiger partial charge in [-0.05, 0) is 30.3 Å². The number of benzene rings is 2. The van der Waals surface area contributed by atoms with Crippen LogP contribution in [0.15, 0.2) is 41.6 Å². The number of imidazole rings is 1. The summed E-state index contributed by atoms with van der Waals surface area (Å²) in [4.78, 5) is 31.5. The van der Waals surface area contributed by atoms with Crippen molar-refractivity contribution in [3.8, 4) is 11.5 Å². The number of imide groups is 1. The second kappa shape index (κ2) is 7.99. The lowest BCUT2D eigenvalue weighted by Crippen LogP contribution is -2.35. The first-order chi connectivity index (χ1) is 13.6. The lowest BCUT2D eigenvalue weighted by Gasteiger charge is -2.19. The number of carbonyl (C=O) groups excluding carboxylic acids is 2. The number of urea groups is 1. The fraction of sp³-hybridized carbons (Fsp3) is 0.167. The van der Waals surface area contributed by atoms with E-state index in [2.05, 4.69) is 20.6 Å². The molecule has 0 fully saturated rings. The maximum absolute atomic E-state index is 12.0. The first-order valence-electron chi connectivity index (χ1n) is 8.35. The zero-order valence-electron chi connectivity index (χ0n) is 14.5. The van der Waals surface area contributed by atoms with Crippen LogP contribution in [0.25, 0.3) is 11.0 Å². The molecular weight excluding hydrogens is 404 g/mol. The standard InChI is InChI=1S/C18H15ClN4O4S/c19-10-1-3-12-13(7-10)22-18(21-12)28-9-16(24)23-17(25)20-11-2-4-14-15(8-11)27-6-5-26-14/h1-4,7-8H,5-6,9H2,(H,21,22)(H2,20,23,24,25). The highest BCUT2D eigenvalue weighted by Gasteiger charge is 2.14. The largest absolute Gasteiger partial charge is 0.486 e. The summed E-state index contributed by atoms with van der Waals surface area (Å²) in [6, 6.07) is 9.69. The van der Waals surface area contributed by atoms with Gasteiger partial charge in [-0.25, -0.2) is 9.78 Å². The van der Waals surface area contributed by atoms with Crippen molar-refractivity contribution in [2.45, 2.75) is 5.16 Å². The molecule has 10 heteroatoms. The highest BCUT2D eigenvalue weighted by molar-refractivity contribution is 7.99. The van der Waals surface area contributed by atoms with Crippen LogP contribution >= 0.6 is 23.4 Å². The summed E-state index contributed by atoms with van der Waals surface area (Å²) >= 11 is 7.13. The molecule has 0 bridgehead atoms. The molecule has 2 aromatic carbocycles.